The molecule has 0 aliphatic carbocycles. The standard InChI is InChI=1S/C11H11N3O2/c1-12-10-5-4-9(6-7-13(2)3)11(8-10)14(15)16/h4-8H,2-3H3. The van der Waals surface area contributed by atoms with Crippen molar-refractivity contribution in [1.29, 1.82) is 0 Å². The Bertz CT molecular complexity index is 473. The van der Waals surface area contributed by atoms with Gasteiger partial charge in [0.2, 0.25) is 0 Å². The molecule has 16 heavy (non-hydrogen) atoms. The molecule has 0 aliphatic rings. The predicted molar refractivity (Wildman–Crippen MR) is 62.1 cm³/mol. The van der Waals surface area contributed by atoms with Crippen molar-refractivity contribution in [3.05, 3.63) is 51.5 Å². The smallest absolute Gasteiger partial charge is 0.266 e. The third-order valence-electron chi connectivity index (χ3n) is 1.89. The molecule has 0 aromatic heterocycles. The van der Waals surface area contributed by atoms with Crippen LogP contribution in [0.2, 0.25) is 0 Å². The molecule has 1 aromatic carbocycles. The van der Waals surface area contributed by atoms with Gasteiger partial charge in [-0.15, -0.1) is 0 Å². The lowest BCUT2D eigenvalue weighted by Crippen LogP contribution is -2.00. The highest BCUT2D eigenvalue weighted by Gasteiger charge is 2.11. The zero-order valence-corrected chi connectivity index (χ0v) is 9.04. The zero-order valence-electron chi connectivity index (χ0n) is 9.04. The van der Waals surface area contributed by atoms with Crippen molar-refractivity contribution < 1.29 is 4.92 Å². The molecule has 1 aromatic rings. The normalized spacial score (nSPS) is 10.1. The highest BCUT2D eigenvalue weighted by Crippen LogP contribution is 2.25. The number of nitrogens with zero attached hydrogens (tertiary/aromatic N) is 3. The highest BCUT2D eigenvalue weighted by molar-refractivity contribution is 5.66. The first-order valence-electron chi connectivity index (χ1n) is 4.55. The average Bonchev–Trinajstić information content (AvgIpc) is 2.25. The fraction of sp³-hybridized carbons (Fsp3) is 0.182. The molecule has 5 heteroatoms. The van der Waals surface area contributed by atoms with E-state index in [2.05, 4.69) is 4.85 Å². The summed E-state index contributed by atoms with van der Waals surface area (Å²) in [5.41, 5.74) is 0.714. The van der Waals surface area contributed by atoms with E-state index < -0.39 is 4.92 Å². The number of hydrogen-bond acceptors (Lipinski definition) is 3. The molecule has 0 bridgehead atoms. The first-order chi connectivity index (χ1) is 7.54. The molecule has 0 saturated carbocycles. The number of nitro groups is 1. The fourth-order valence-corrected chi connectivity index (χ4v) is 1.13. The van der Waals surface area contributed by atoms with Crippen LogP contribution in [0.15, 0.2) is 24.4 Å². The average molecular weight is 217 g/mol. The summed E-state index contributed by atoms with van der Waals surface area (Å²) < 4.78 is 0. The van der Waals surface area contributed by atoms with Crippen LogP contribution in [-0.2, 0) is 0 Å². The maximum Gasteiger partial charge on any atom is 0.266 e. The van der Waals surface area contributed by atoms with Gasteiger partial charge in [-0.3, -0.25) is 10.1 Å². The van der Waals surface area contributed by atoms with Crippen molar-refractivity contribution in [2.45, 2.75) is 0 Å². The van der Waals surface area contributed by atoms with Gasteiger partial charge in [-0.2, -0.15) is 0 Å². The summed E-state index contributed by atoms with van der Waals surface area (Å²) in [5, 5.41) is 10.8. The van der Waals surface area contributed by atoms with Crippen molar-refractivity contribution in [1.82, 2.24) is 4.90 Å². The van der Waals surface area contributed by atoms with Gasteiger partial charge in [0.05, 0.1) is 17.1 Å². The quantitative estimate of drug-likeness (QED) is 0.444. The Balaban J connectivity index is 3.19. The van der Waals surface area contributed by atoms with E-state index >= 15 is 0 Å². The largest absolute Gasteiger partial charge is 0.383 e. The topological polar surface area (TPSA) is 50.7 Å². The van der Waals surface area contributed by atoms with Crippen molar-refractivity contribution in [2.75, 3.05) is 14.1 Å². The maximum absolute atomic E-state index is 10.8. The minimum absolute atomic E-state index is 0.0494. The lowest BCUT2D eigenvalue weighted by atomic mass is 10.1. The van der Waals surface area contributed by atoms with Gasteiger partial charge in [-0.05, 0) is 12.3 Å². The van der Waals surface area contributed by atoms with Gasteiger partial charge < -0.3 is 4.90 Å². The molecule has 0 unspecified atom stereocenters. The molecule has 0 N–H and O–H groups in total. The van der Waals surface area contributed by atoms with Gasteiger partial charge in [-0.1, -0.05) is 12.1 Å². The zero-order chi connectivity index (χ0) is 12.1. The summed E-state index contributed by atoms with van der Waals surface area (Å²) in [5.74, 6) is 0. The lowest BCUT2D eigenvalue weighted by molar-refractivity contribution is -0.385. The van der Waals surface area contributed by atoms with Crippen molar-refractivity contribution in [2.24, 2.45) is 0 Å². The van der Waals surface area contributed by atoms with Crippen LogP contribution in [0.3, 0.4) is 0 Å². The van der Waals surface area contributed by atoms with Gasteiger partial charge in [0, 0.05) is 20.2 Å². The van der Waals surface area contributed by atoms with Crippen LogP contribution < -0.4 is 0 Å². The van der Waals surface area contributed by atoms with Gasteiger partial charge in [0.1, 0.15) is 0 Å². The minimum atomic E-state index is -0.482. The SMILES string of the molecule is [C-]#[N+]c1ccc(C=CN(C)C)c([N+](=O)[O-])c1. The van der Waals surface area contributed by atoms with E-state index in [1.165, 1.54) is 6.07 Å². The number of hydrogen-bond donors (Lipinski definition) is 0. The Morgan fingerprint density at radius 1 is 1.50 bits per heavy atom. The van der Waals surface area contributed by atoms with E-state index in [4.69, 9.17) is 6.57 Å². The number of rotatable bonds is 3. The van der Waals surface area contributed by atoms with E-state index in [1.807, 2.05) is 14.1 Å². The maximum atomic E-state index is 10.8. The molecule has 0 amide bonds. The first-order valence-corrected chi connectivity index (χ1v) is 4.55. The van der Waals surface area contributed by atoms with E-state index in [9.17, 15) is 10.1 Å². The van der Waals surface area contributed by atoms with Crippen LogP contribution in [0.1, 0.15) is 5.56 Å². The van der Waals surface area contributed by atoms with Crippen molar-refractivity contribution in [3.8, 4) is 0 Å². The monoisotopic (exact) mass is 217 g/mol. The van der Waals surface area contributed by atoms with Gasteiger partial charge in [0.15, 0.2) is 5.69 Å². The molecule has 0 saturated heterocycles. The lowest BCUT2D eigenvalue weighted by Gasteiger charge is -2.03. The third kappa shape index (κ3) is 2.82. The second-order valence-electron chi connectivity index (χ2n) is 3.39. The Morgan fingerprint density at radius 3 is 2.69 bits per heavy atom. The molecular formula is C11H11N3O2. The fourth-order valence-electron chi connectivity index (χ4n) is 1.13. The third-order valence-corrected chi connectivity index (χ3v) is 1.89. The molecule has 0 radical (unpaired) electrons. The first kappa shape index (κ1) is 11.7. The Labute approximate surface area is 93.6 Å². The van der Waals surface area contributed by atoms with Crippen LogP contribution in [0.4, 0.5) is 11.4 Å². The van der Waals surface area contributed by atoms with Gasteiger partial charge in [0.25, 0.3) is 5.69 Å². The second-order valence-corrected chi connectivity index (χ2v) is 3.39. The minimum Gasteiger partial charge on any atom is -0.383 e. The van der Waals surface area contributed by atoms with Crippen LogP contribution in [0.5, 0.6) is 0 Å². The highest BCUT2D eigenvalue weighted by atomic mass is 16.6. The molecule has 5 nitrogen and oxygen atoms in total. The summed E-state index contributed by atoms with van der Waals surface area (Å²) in [7, 11) is 3.66. The van der Waals surface area contributed by atoms with E-state index in [0.717, 1.165) is 0 Å². The van der Waals surface area contributed by atoms with Crippen molar-refractivity contribution >= 4 is 17.5 Å². The van der Waals surface area contributed by atoms with Crippen molar-refractivity contribution in [3.63, 3.8) is 0 Å². The molecule has 0 fully saturated rings. The summed E-state index contributed by atoms with van der Waals surface area (Å²) in [6.45, 7) is 6.80. The number of nitro benzene ring substituents is 1. The van der Waals surface area contributed by atoms with E-state index in [0.29, 0.717) is 5.56 Å². The Morgan fingerprint density at radius 2 is 2.19 bits per heavy atom. The predicted octanol–water partition coefficient (Wildman–Crippen LogP) is 2.68. The summed E-state index contributed by atoms with van der Waals surface area (Å²) in [6.07, 6.45) is 3.37. The molecule has 0 atom stereocenters. The summed E-state index contributed by atoms with van der Waals surface area (Å²) in [4.78, 5) is 15.3. The van der Waals surface area contributed by atoms with Gasteiger partial charge in [-0.25, -0.2) is 4.85 Å². The Kier molecular flexibility index (Phi) is 3.62. The molecule has 0 heterocycles. The number of benzene rings is 1. The van der Waals surface area contributed by atoms with E-state index in [1.54, 1.807) is 29.3 Å². The molecule has 1 rings (SSSR count). The molecule has 0 aliphatic heterocycles. The molecule has 0 spiro atoms. The second kappa shape index (κ2) is 4.94. The summed E-state index contributed by atoms with van der Waals surface area (Å²) in [6, 6.07) is 4.42. The van der Waals surface area contributed by atoms with Gasteiger partial charge >= 0.3 is 0 Å². The van der Waals surface area contributed by atoms with Crippen LogP contribution in [-0.4, -0.2) is 23.9 Å². The van der Waals surface area contributed by atoms with Crippen LogP contribution >= 0.6 is 0 Å². The van der Waals surface area contributed by atoms with Crippen LogP contribution in [0, 0.1) is 16.7 Å². The van der Waals surface area contributed by atoms with E-state index in [-0.39, 0.29) is 11.4 Å². The molecule has 82 valence electrons. The Hall–Kier alpha value is -2.35. The molecular weight excluding hydrogens is 206 g/mol. The van der Waals surface area contributed by atoms with Crippen LogP contribution in [0.25, 0.3) is 10.9 Å². The summed E-state index contributed by atoms with van der Waals surface area (Å²) >= 11 is 0.